The molecule has 3 nitrogen and oxygen atoms in total. The number of hydrogen-bond acceptors (Lipinski definition) is 3. The Balaban J connectivity index is -0.000000214. The molecule has 0 saturated carbocycles. The number of carbonyl (C=O) groups excluding carboxylic acids is 3. The number of rotatable bonds is 0. The molecule has 0 bridgehead atoms. The summed E-state index contributed by atoms with van der Waals surface area (Å²) in [5.74, 6) is 0. The summed E-state index contributed by atoms with van der Waals surface area (Å²) in [4.78, 5) is 23.2. The van der Waals surface area contributed by atoms with Gasteiger partial charge in [-0.05, 0) is 0 Å². The molecule has 4 heteroatoms. The average molecular weight is 254 g/mol. The average Bonchev–Trinajstić information content (AvgIpc) is 2.85. The van der Waals surface area contributed by atoms with Gasteiger partial charge in [-0.2, -0.15) is 23.3 Å². The second-order valence-electron chi connectivity index (χ2n) is 2.78. The van der Waals surface area contributed by atoms with Gasteiger partial charge < -0.3 is 14.4 Å². The van der Waals surface area contributed by atoms with Gasteiger partial charge in [-0.25, -0.2) is 6.07 Å². The smallest absolute Gasteiger partial charge is 0.545 e. The molecule has 0 heterocycles. The normalized spacial score (nSPS) is 10.5. The molecule has 1 aromatic carbocycles. The summed E-state index contributed by atoms with van der Waals surface area (Å²) >= 11 is 0. The Morgan fingerprint density at radius 1 is 0.938 bits per heavy atom. The topological polar surface area (TPSA) is 51.2 Å². The molecule has 0 unspecified atom stereocenters. The van der Waals surface area contributed by atoms with Gasteiger partial charge in [0.15, 0.2) is 0 Å². The van der Waals surface area contributed by atoms with Gasteiger partial charge >= 0.3 is 21.7 Å². The summed E-state index contributed by atoms with van der Waals surface area (Å²) in [6.45, 7) is 9.75. The van der Waals surface area contributed by atoms with Crippen LogP contribution in [0, 0.1) is 0 Å². The molecule has 0 fully saturated rings. The number of hydrogen-bond donors (Lipinski definition) is 0. The van der Waals surface area contributed by atoms with Gasteiger partial charge in [0.05, 0.1) is 0 Å². The summed E-state index contributed by atoms with van der Waals surface area (Å²) < 4.78 is 0. The van der Waals surface area contributed by atoms with E-state index in [-0.39, 0.29) is 21.7 Å². The van der Waals surface area contributed by atoms with E-state index in [1.807, 2.05) is 0 Å². The Labute approximate surface area is 111 Å². The van der Waals surface area contributed by atoms with E-state index in [0.29, 0.717) is 0 Å². The van der Waals surface area contributed by atoms with Crippen molar-refractivity contribution < 1.29 is 36.1 Å². The van der Waals surface area contributed by atoms with Gasteiger partial charge in [0.1, 0.15) is 0 Å². The van der Waals surface area contributed by atoms with E-state index in [2.05, 4.69) is 38.6 Å². The zero-order valence-corrected chi connectivity index (χ0v) is 10.6. The predicted molar refractivity (Wildman–Crippen MR) is 58.9 cm³/mol. The van der Waals surface area contributed by atoms with Gasteiger partial charge in [0.2, 0.25) is 0 Å². The quantitative estimate of drug-likeness (QED) is 0.400. The molecule has 0 aromatic heterocycles. The largest absolute Gasteiger partial charge is 4.00 e. The Morgan fingerprint density at radius 3 is 1.94 bits per heavy atom. The van der Waals surface area contributed by atoms with Crippen LogP contribution in [0.2, 0.25) is 0 Å². The van der Waals surface area contributed by atoms with Crippen molar-refractivity contribution in [3.05, 3.63) is 29.3 Å². The molecule has 1 aliphatic rings. The fourth-order valence-corrected chi connectivity index (χ4v) is 1.61. The van der Waals surface area contributed by atoms with Crippen LogP contribution >= 0.6 is 0 Å². The minimum Gasteiger partial charge on any atom is -0.545 e. The molecule has 0 atom stereocenters. The third kappa shape index (κ3) is 7.38. The maximum Gasteiger partial charge on any atom is 4.00 e. The summed E-state index contributed by atoms with van der Waals surface area (Å²) in [6, 6.07) is 6.69. The van der Waals surface area contributed by atoms with Crippen molar-refractivity contribution in [2.45, 2.75) is 25.7 Å². The van der Waals surface area contributed by atoms with Crippen LogP contribution < -0.4 is 0 Å². The molecule has 1 aliphatic carbocycles. The van der Waals surface area contributed by atoms with Crippen LogP contribution in [-0.2, 0) is 48.9 Å². The van der Waals surface area contributed by atoms with Crippen LogP contribution in [0.25, 0.3) is 0 Å². The van der Waals surface area contributed by atoms with Crippen molar-refractivity contribution in [3.8, 4) is 0 Å². The van der Waals surface area contributed by atoms with E-state index in [4.69, 9.17) is 14.4 Å². The third-order valence-corrected chi connectivity index (χ3v) is 2.15. The van der Waals surface area contributed by atoms with E-state index in [1.165, 1.54) is 25.7 Å². The van der Waals surface area contributed by atoms with Gasteiger partial charge in [-0.3, -0.25) is 20.4 Å². The molecule has 0 saturated heterocycles. The monoisotopic (exact) mass is 254 g/mol. The first-order valence-electron chi connectivity index (χ1n) is 4.41. The molecule has 1 aromatic rings. The van der Waals surface area contributed by atoms with Crippen LogP contribution in [0.1, 0.15) is 24.0 Å². The Kier molecular flexibility index (Phi) is 21.1. The molecule has 16 heavy (non-hydrogen) atoms. The van der Waals surface area contributed by atoms with Gasteiger partial charge in [-0.15, -0.1) is 0 Å². The van der Waals surface area contributed by atoms with Crippen molar-refractivity contribution in [1.82, 2.24) is 0 Å². The fraction of sp³-hybridized carbons (Fsp3) is 0.333. The first kappa shape index (κ1) is 20.5. The van der Waals surface area contributed by atoms with Crippen LogP contribution in [-0.4, -0.2) is 20.4 Å². The first-order valence-corrected chi connectivity index (χ1v) is 4.41. The zero-order valence-electron chi connectivity index (χ0n) is 9.02. The van der Waals surface area contributed by atoms with Gasteiger partial charge in [-0.1, -0.05) is 25.7 Å². The van der Waals surface area contributed by atoms with Crippen molar-refractivity contribution in [3.63, 3.8) is 0 Å². The fourth-order valence-electron chi connectivity index (χ4n) is 1.61. The first-order chi connectivity index (χ1) is 7.47. The standard InChI is InChI=1S/C9H11.3CHO.Ti/c1-2-5-9-7-3-6-8(9)4-1;3*1-2;/h3,6-7H,1-2,4-5H2;3*1H;/q4*-1;+4. The van der Waals surface area contributed by atoms with Crippen molar-refractivity contribution in [1.29, 1.82) is 0 Å². The maximum absolute atomic E-state index is 7.75. The van der Waals surface area contributed by atoms with Gasteiger partial charge in [0, 0.05) is 0 Å². The molecule has 2 rings (SSSR count). The minimum atomic E-state index is 0. The Hall–Kier alpha value is -0.926. The summed E-state index contributed by atoms with van der Waals surface area (Å²) in [5, 5.41) is 0. The van der Waals surface area contributed by atoms with E-state index in [0.717, 1.165) is 0 Å². The summed E-state index contributed by atoms with van der Waals surface area (Å²) in [5.41, 5.74) is 3.20. The number of fused-ring (bicyclic) bond motifs is 1. The van der Waals surface area contributed by atoms with Crippen LogP contribution in [0.5, 0.6) is 0 Å². The Bertz CT molecular complexity index is 223. The summed E-state index contributed by atoms with van der Waals surface area (Å²) in [6.07, 6.45) is 5.44. The molecular weight excluding hydrogens is 240 g/mol. The van der Waals surface area contributed by atoms with Crippen LogP contribution in [0.4, 0.5) is 0 Å². The zero-order chi connectivity index (χ0) is 12.1. The van der Waals surface area contributed by atoms with Crippen molar-refractivity contribution in [2.24, 2.45) is 0 Å². The second-order valence-corrected chi connectivity index (χ2v) is 2.78. The molecular formula is C12H14O3Ti. The molecule has 0 aliphatic heterocycles. The second kappa shape index (κ2) is 16.5. The van der Waals surface area contributed by atoms with E-state index in [9.17, 15) is 0 Å². The molecule has 0 spiro atoms. The van der Waals surface area contributed by atoms with Crippen molar-refractivity contribution >= 4 is 20.4 Å². The third-order valence-electron chi connectivity index (χ3n) is 2.15. The molecule has 0 N–H and O–H groups in total. The summed E-state index contributed by atoms with van der Waals surface area (Å²) in [7, 11) is 0. The Morgan fingerprint density at radius 2 is 1.44 bits per heavy atom. The molecule has 84 valence electrons. The van der Waals surface area contributed by atoms with Crippen molar-refractivity contribution in [2.75, 3.05) is 0 Å². The van der Waals surface area contributed by atoms with E-state index in [1.54, 1.807) is 11.1 Å². The van der Waals surface area contributed by atoms with E-state index >= 15 is 0 Å². The molecule has 0 radical (unpaired) electrons. The van der Waals surface area contributed by atoms with Crippen LogP contribution in [0.15, 0.2) is 18.2 Å². The van der Waals surface area contributed by atoms with E-state index < -0.39 is 0 Å². The van der Waals surface area contributed by atoms with Crippen LogP contribution in [0.3, 0.4) is 0 Å². The SMILES string of the molecule is [CH-]=O.[CH-]=O.[CH-]=O.[Ti+4].c1cc2c([cH-]1)CCCC2. The molecule has 0 amide bonds. The minimum absolute atomic E-state index is 0. The predicted octanol–water partition coefficient (Wildman–Crippen LogP) is 1.46. The van der Waals surface area contributed by atoms with Gasteiger partial charge in [0.25, 0.3) is 0 Å². The maximum atomic E-state index is 7.75. The number of aryl methyl sites for hydroxylation is 2.